The molecule has 2 aromatic rings. The predicted molar refractivity (Wildman–Crippen MR) is 94.4 cm³/mol. The Hall–Kier alpha value is -2.60. The highest BCUT2D eigenvalue weighted by atomic mass is 35.5. The van der Waals surface area contributed by atoms with Crippen molar-refractivity contribution in [3.05, 3.63) is 57.6 Å². The zero-order chi connectivity index (χ0) is 22.5. The molecule has 1 N–H and O–H groups in total. The van der Waals surface area contributed by atoms with Crippen LogP contribution in [0.15, 0.2) is 35.7 Å². The largest absolute Gasteiger partial charge is 0.434 e. The van der Waals surface area contributed by atoms with E-state index in [2.05, 4.69) is 25.3 Å². The van der Waals surface area contributed by atoms with Crippen LogP contribution in [0.5, 0.6) is 0 Å². The monoisotopic (exact) mass is 474 g/mol. The van der Waals surface area contributed by atoms with Gasteiger partial charge in [-0.3, -0.25) is 14.8 Å². The molecule has 30 heavy (non-hydrogen) atoms. The van der Waals surface area contributed by atoms with Crippen LogP contribution in [0.2, 0.25) is 10.0 Å². The Labute approximate surface area is 174 Å². The topological polar surface area (TPSA) is 76.5 Å². The molecule has 1 amide bonds. The Morgan fingerprint density at radius 2 is 1.87 bits per heavy atom. The molecule has 0 aliphatic rings. The zero-order valence-electron chi connectivity index (χ0n) is 14.5. The first kappa shape index (κ1) is 23.7. The van der Waals surface area contributed by atoms with Gasteiger partial charge in [0, 0.05) is 12.4 Å². The number of pyridine rings is 2. The quantitative estimate of drug-likeness (QED) is 0.379. The number of nitrogens with zero attached hydrogens (tertiary/aromatic N) is 3. The average molecular weight is 475 g/mol. The summed E-state index contributed by atoms with van der Waals surface area (Å²) in [6.07, 6.45) is -7.64. The number of nitrogens with one attached hydrogen (secondary N) is 1. The van der Waals surface area contributed by atoms with E-state index in [9.17, 15) is 31.1 Å². The van der Waals surface area contributed by atoms with E-state index >= 15 is 0 Å². The Morgan fingerprint density at radius 3 is 2.47 bits per heavy atom. The molecule has 0 spiro atoms. The number of oxime groups is 1. The summed E-state index contributed by atoms with van der Waals surface area (Å²) in [5, 5.41) is 5.33. The molecule has 14 heteroatoms. The molecule has 0 aliphatic carbocycles. The van der Waals surface area contributed by atoms with Crippen LogP contribution in [0.3, 0.4) is 0 Å². The standard InChI is InChI=1S/C16H10Cl2F6N4O2/c17-8-4-10(18)12(26-5-8)11(28-30-7-15(19,20)21)6-27-14(29)9-2-1-3-25-13(9)16(22,23)24/h1-5H,6-7H2,(H,27,29)/b28-11-. The predicted octanol–water partition coefficient (Wildman–Crippen LogP) is 4.52. The molecule has 0 aromatic carbocycles. The van der Waals surface area contributed by atoms with Crippen molar-refractivity contribution >= 4 is 34.8 Å². The second kappa shape index (κ2) is 9.47. The Morgan fingerprint density at radius 1 is 1.17 bits per heavy atom. The molecule has 6 nitrogen and oxygen atoms in total. The normalized spacial score (nSPS) is 12.6. The number of amides is 1. The lowest BCUT2D eigenvalue weighted by molar-refractivity contribution is -0.173. The molecule has 0 atom stereocenters. The molecule has 2 rings (SSSR count). The SMILES string of the molecule is O=C(NC/C(=N/OCC(F)(F)F)c1ncc(Cl)cc1Cl)c1cccnc1C(F)(F)F. The van der Waals surface area contributed by atoms with E-state index < -0.39 is 42.7 Å². The number of hydrogen-bond acceptors (Lipinski definition) is 5. The molecule has 162 valence electrons. The highest BCUT2D eigenvalue weighted by molar-refractivity contribution is 6.36. The van der Waals surface area contributed by atoms with Gasteiger partial charge in [0.1, 0.15) is 11.4 Å². The van der Waals surface area contributed by atoms with Crippen molar-refractivity contribution in [2.24, 2.45) is 5.16 Å². The van der Waals surface area contributed by atoms with Gasteiger partial charge in [0.15, 0.2) is 5.69 Å². The van der Waals surface area contributed by atoms with Crippen molar-refractivity contribution in [1.29, 1.82) is 0 Å². The van der Waals surface area contributed by atoms with Gasteiger partial charge in [0.05, 0.1) is 22.2 Å². The minimum atomic E-state index is -4.90. The molecule has 2 heterocycles. The molecule has 2 aromatic heterocycles. The summed E-state index contributed by atoms with van der Waals surface area (Å²) >= 11 is 11.6. The maximum atomic E-state index is 13.0. The van der Waals surface area contributed by atoms with Gasteiger partial charge < -0.3 is 10.2 Å². The number of alkyl halides is 6. The van der Waals surface area contributed by atoms with Gasteiger partial charge in [-0.2, -0.15) is 26.3 Å². The number of hydrogen-bond donors (Lipinski definition) is 1. The van der Waals surface area contributed by atoms with Crippen molar-refractivity contribution in [2.45, 2.75) is 12.4 Å². The average Bonchev–Trinajstić information content (AvgIpc) is 2.63. The number of aromatic nitrogens is 2. The Kier molecular flexibility index (Phi) is 7.48. The van der Waals surface area contributed by atoms with Crippen LogP contribution >= 0.6 is 23.2 Å². The van der Waals surface area contributed by atoms with Gasteiger partial charge in [0.25, 0.3) is 5.91 Å². The van der Waals surface area contributed by atoms with Crippen LogP contribution in [0, 0.1) is 0 Å². The summed E-state index contributed by atoms with van der Waals surface area (Å²) in [5.41, 5.74) is -2.80. The van der Waals surface area contributed by atoms with E-state index in [4.69, 9.17) is 23.2 Å². The molecule has 0 unspecified atom stereocenters. The first-order chi connectivity index (χ1) is 13.9. The van der Waals surface area contributed by atoms with Gasteiger partial charge in [-0.25, -0.2) is 0 Å². The second-order valence-electron chi connectivity index (χ2n) is 5.49. The third-order valence-electron chi connectivity index (χ3n) is 3.22. The first-order valence-electron chi connectivity index (χ1n) is 7.76. The number of carbonyl (C=O) groups excluding carboxylic acids is 1. The number of carbonyl (C=O) groups is 1. The van der Waals surface area contributed by atoms with Crippen LogP contribution in [0.1, 0.15) is 21.7 Å². The van der Waals surface area contributed by atoms with E-state index in [1.54, 1.807) is 0 Å². The minimum Gasteiger partial charge on any atom is -0.386 e. The molecular weight excluding hydrogens is 465 g/mol. The lowest BCUT2D eigenvalue weighted by atomic mass is 10.1. The third-order valence-corrected chi connectivity index (χ3v) is 3.72. The molecule has 0 radical (unpaired) electrons. The van der Waals surface area contributed by atoms with Gasteiger partial charge in [-0.1, -0.05) is 28.4 Å². The van der Waals surface area contributed by atoms with Crippen LogP contribution in [-0.4, -0.2) is 40.9 Å². The summed E-state index contributed by atoms with van der Waals surface area (Å²) in [4.78, 5) is 23.4. The molecule has 0 fully saturated rings. The van der Waals surface area contributed by atoms with Crippen molar-refractivity contribution in [3.8, 4) is 0 Å². The summed E-state index contributed by atoms with van der Waals surface area (Å²) in [7, 11) is 0. The summed E-state index contributed by atoms with van der Waals surface area (Å²) < 4.78 is 75.9. The maximum absolute atomic E-state index is 13.0. The lowest BCUT2D eigenvalue weighted by Gasteiger charge is -2.13. The highest BCUT2D eigenvalue weighted by Gasteiger charge is 2.37. The minimum absolute atomic E-state index is 0.105. The number of rotatable bonds is 6. The Balaban J connectivity index is 2.27. The molecule has 0 aliphatic heterocycles. The van der Waals surface area contributed by atoms with Crippen molar-refractivity contribution in [2.75, 3.05) is 13.2 Å². The summed E-state index contributed by atoms with van der Waals surface area (Å²) in [6.45, 7) is -2.41. The first-order valence-corrected chi connectivity index (χ1v) is 8.51. The number of halogens is 8. The molecular formula is C16H10Cl2F6N4O2. The second-order valence-corrected chi connectivity index (χ2v) is 6.33. The van der Waals surface area contributed by atoms with Crippen molar-refractivity contribution in [1.82, 2.24) is 15.3 Å². The van der Waals surface area contributed by atoms with E-state index in [-0.39, 0.29) is 21.5 Å². The van der Waals surface area contributed by atoms with Crippen molar-refractivity contribution in [3.63, 3.8) is 0 Å². The fraction of sp³-hybridized carbons (Fsp3) is 0.250. The lowest BCUT2D eigenvalue weighted by Crippen LogP contribution is -2.32. The van der Waals surface area contributed by atoms with E-state index in [0.717, 1.165) is 24.5 Å². The van der Waals surface area contributed by atoms with Crippen LogP contribution in [-0.2, 0) is 11.0 Å². The maximum Gasteiger partial charge on any atom is 0.434 e. The summed E-state index contributed by atoms with van der Waals surface area (Å²) in [6, 6.07) is 3.20. The Bertz CT molecular complexity index is 950. The fourth-order valence-corrected chi connectivity index (χ4v) is 2.53. The van der Waals surface area contributed by atoms with Crippen molar-refractivity contribution < 1.29 is 36.0 Å². The fourth-order valence-electron chi connectivity index (χ4n) is 2.04. The molecule has 0 saturated heterocycles. The van der Waals surface area contributed by atoms with E-state index in [1.165, 1.54) is 6.07 Å². The van der Waals surface area contributed by atoms with Gasteiger partial charge in [-0.05, 0) is 18.2 Å². The van der Waals surface area contributed by atoms with Gasteiger partial charge in [0.2, 0.25) is 6.61 Å². The van der Waals surface area contributed by atoms with Crippen LogP contribution in [0.4, 0.5) is 26.3 Å². The third kappa shape index (κ3) is 6.73. The smallest absolute Gasteiger partial charge is 0.386 e. The summed E-state index contributed by atoms with van der Waals surface area (Å²) in [5.74, 6) is -1.20. The zero-order valence-corrected chi connectivity index (χ0v) is 16.0. The van der Waals surface area contributed by atoms with Gasteiger partial charge >= 0.3 is 12.4 Å². The van der Waals surface area contributed by atoms with Gasteiger partial charge in [-0.15, -0.1) is 0 Å². The van der Waals surface area contributed by atoms with Crippen LogP contribution < -0.4 is 5.32 Å². The van der Waals surface area contributed by atoms with E-state index in [0.29, 0.717) is 0 Å². The van der Waals surface area contributed by atoms with Crippen LogP contribution in [0.25, 0.3) is 0 Å². The highest BCUT2D eigenvalue weighted by Crippen LogP contribution is 2.30. The molecule has 0 saturated carbocycles. The van der Waals surface area contributed by atoms with E-state index in [1.807, 2.05) is 0 Å². The molecule has 0 bridgehead atoms.